The summed E-state index contributed by atoms with van der Waals surface area (Å²) in [4.78, 5) is 15.3. The molecule has 4 nitrogen and oxygen atoms in total. The number of amides is 2. The van der Waals surface area contributed by atoms with Gasteiger partial charge in [-0.25, -0.2) is 4.79 Å². The van der Waals surface area contributed by atoms with Gasteiger partial charge in [-0.1, -0.05) is 52.8 Å². The molecule has 0 bridgehead atoms. The number of carbonyl (C=O) groups excluding carboxylic acids is 1. The first-order valence-corrected chi connectivity index (χ1v) is 9.41. The van der Waals surface area contributed by atoms with E-state index in [1.165, 1.54) is 0 Å². The summed E-state index contributed by atoms with van der Waals surface area (Å²) in [6, 6.07) is -0.0685. The van der Waals surface area contributed by atoms with Crippen molar-refractivity contribution in [3.05, 3.63) is 0 Å². The van der Waals surface area contributed by atoms with Crippen LogP contribution in [0, 0.1) is 5.92 Å². The number of urea groups is 1. The number of nitrogens with one attached hydrogen (secondary N) is 2. The lowest BCUT2D eigenvalue weighted by atomic mass is 10.00. The molecule has 0 aliphatic carbocycles. The molecule has 0 saturated heterocycles. The van der Waals surface area contributed by atoms with E-state index in [0.29, 0.717) is 0 Å². The van der Waals surface area contributed by atoms with Gasteiger partial charge in [0.15, 0.2) is 0 Å². The van der Waals surface area contributed by atoms with E-state index in [9.17, 15) is 4.79 Å². The Morgan fingerprint density at radius 3 is 2.13 bits per heavy atom. The van der Waals surface area contributed by atoms with Crippen molar-refractivity contribution in [3.8, 4) is 0 Å². The molecule has 0 aromatic rings. The van der Waals surface area contributed by atoms with E-state index in [1.54, 1.807) is 0 Å². The van der Waals surface area contributed by atoms with E-state index in [4.69, 9.17) is 12.2 Å². The van der Waals surface area contributed by atoms with E-state index in [0.717, 1.165) is 43.8 Å². The number of thiocarbonyl (C=S) groups is 1. The molecule has 0 spiro atoms. The standard InChI is InChI=1S/C18H37N3OS/c1-8-10-12-19-17(22)21(13-11-9-2)15(14(3)4)16(23)20-18(5,6)7/h14-15H,8-13H2,1-7H3,(H,19,22)(H,20,23). The van der Waals surface area contributed by atoms with Gasteiger partial charge in [0.2, 0.25) is 0 Å². The van der Waals surface area contributed by atoms with Crippen molar-refractivity contribution in [2.45, 2.75) is 85.7 Å². The lowest BCUT2D eigenvalue weighted by Gasteiger charge is -2.37. The molecule has 0 saturated carbocycles. The second-order valence-corrected chi connectivity index (χ2v) is 8.00. The second kappa shape index (κ2) is 10.8. The number of hydrogen-bond acceptors (Lipinski definition) is 2. The minimum atomic E-state index is -0.0979. The van der Waals surface area contributed by atoms with E-state index in [-0.39, 0.29) is 23.5 Å². The van der Waals surface area contributed by atoms with Crippen LogP contribution >= 0.6 is 12.2 Å². The van der Waals surface area contributed by atoms with Gasteiger partial charge in [-0.15, -0.1) is 0 Å². The summed E-state index contributed by atoms with van der Waals surface area (Å²) in [5.74, 6) is 0.270. The van der Waals surface area contributed by atoms with Gasteiger partial charge in [-0.2, -0.15) is 0 Å². The molecule has 136 valence electrons. The fraction of sp³-hybridized carbons (Fsp3) is 0.889. The van der Waals surface area contributed by atoms with Crippen LogP contribution < -0.4 is 10.6 Å². The smallest absolute Gasteiger partial charge is 0.318 e. The average molecular weight is 344 g/mol. The van der Waals surface area contributed by atoms with Crippen molar-refractivity contribution in [1.82, 2.24) is 15.5 Å². The first kappa shape index (κ1) is 22.2. The van der Waals surface area contributed by atoms with Crippen molar-refractivity contribution in [2.75, 3.05) is 13.1 Å². The summed E-state index contributed by atoms with van der Waals surface area (Å²) >= 11 is 5.65. The molecular formula is C18H37N3OS. The van der Waals surface area contributed by atoms with Crippen molar-refractivity contribution >= 4 is 23.2 Å². The van der Waals surface area contributed by atoms with Crippen molar-refractivity contribution in [3.63, 3.8) is 0 Å². The fourth-order valence-electron chi connectivity index (χ4n) is 2.42. The highest BCUT2D eigenvalue weighted by Gasteiger charge is 2.31. The molecule has 0 aromatic heterocycles. The Morgan fingerprint density at radius 1 is 1.13 bits per heavy atom. The Morgan fingerprint density at radius 2 is 1.70 bits per heavy atom. The first-order valence-electron chi connectivity index (χ1n) is 9.00. The van der Waals surface area contributed by atoms with E-state index in [2.05, 4.69) is 59.1 Å². The Balaban J connectivity index is 5.16. The number of hydrogen-bond donors (Lipinski definition) is 2. The fourth-order valence-corrected chi connectivity index (χ4v) is 3.12. The molecule has 1 atom stereocenters. The minimum Gasteiger partial charge on any atom is -0.373 e. The maximum atomic E-state index is 12.7. The molecule has 0 aliphatic rings. The minimum absolute atomic E-state index is 0.00339. The van der Waals surface area contributed by atoms with E-state index < -0.39 is 0 Å². The summed E-state index contributed by atoms with van der Waals surface area (Å²) in [5.41, 5.74) is -0.0979. The van der Waals surface area contributed by atoms with Crippen LogP contribution in [0.5, 0.6) is 0 Å². The Bertz CT molecular complexity index is 364. The Labute approximate surface area is 148 Å². The summed E-state index contributed by atoms with van der Waals surface area (Å²) < 4.78 is 0. The van der Waals surface area contributed by atoms with Crippen molar-refractivity contribution in [2.24, 2.45) is 5.92 Å². The van der Waals surface area contributed by atoms with Gasteiger partial charge in [-0.05, 0) is 39.5 Å². The maximum absolute atomic E-state index is 12.7. The third kappa shape index (κ3) is 9.14. The quantitative estimate of drug-likeness (QED) is 0.483. The number of rotatable bonds is 9. The van der Waals surface area contributed by atoms with Crippen LogP contribution in [0.2, 0.25) is 0 Å². The zero-order valence-corrected chi connectivity index (χ0v) is 17.0. The number of unbranched alkanes of at least 4 members (excludes halogenated alkanes) is 2. The highest BCUT2D eigenvalue weighted by molar-refractivity contribution is 7.80. The van der Waals surface area contributed by atoms with Crippen LogP contribution in [0.1, 0.15) is 74.1 Å². The average Bonchev–Trinajstić information content (AvgIpc) is 2.40. The molecule has 0 rings (SSSR count). The first-order chi connectivity index (χ1) is 10.6. The van der Waals surface area contributed by atoms with Crippen molar-refractivity contribution in [1.29, 1.82) is 0 Å². The topological polar surface area (TPSA) is 44.4 Å². The van der Waals surface area contributed by atoms with Gasteiger partial charge in [0, 0.05) is 18.6 Å². The van der Waals surface area contributed by atoms with Gasteiger partial charge in [0.25, 0.3) is 0 Å². The molecule has 1 unspecified atom stereocenters. The van der Waals surface area contributed by atoms with Crippen LogP contribution in [0.15, 0.2) is 0 Å². The maximum Gasteiger partial charge on any atom is 0.318 e. The lowest BCUT2D eigenvalue weighted by molar-refractivity contribution is 0.175. The zero-order valence-electron chi connectivity index (χ0n) is 16.2. The number of nitrogens with zero attached hydrogens (tertiary/aromatic N) is 1. The molecule has 0 aliphatic heterocycles. The predicted molar refractivity (Wildman–Crippen MR) is 104 cm³/mol. The molecule has 2 N–H and O–H groups in total. The van der Waals surface area contributed by atoms with Crippen LogP contribution in [0.3, 0.4) is 0 Å². The normalized spacial score (nSPS) is 12.9. The molecule has 0 radical (unpaired) electrons. The largest absolute Gasteiger partial charge is 0.373 e. The van der Waals surface area contributed by atoms with Crippen LogP contribution in [-0.4, -0.2) is 40.6 Å². The lowest BCUT2D eigenvalue weighted by Crippen LogP contribution is -2.57. The summed E-state index contributed by atoms with van der Waals surface area (Å²) in [7, 11) is 0. The molecule has 0 fully saturated rings. The molecule has 0 aromatic carbocycles. The predicted octanol–water partition coefficient (Wildman–Crippen LogP) is 4.34. The van der Waals surface area contributed by atoms with Crippen LogP contribution in [0.25, 0.3) is 0 Å². The van der Waals surface area contributed by atoms with Crippen LogP contribution in [-0.2, 0) is 0 Å². The highest BCUT2D eigenvalue weighted by Crippen LogP contribution is 2.16. The van der Waals surface area contributed by atoms with Gasteiger partial charge in [0.05, 0.1) is 11.0 Å². The molecule has 2 amide bonds. The monoisotopic (exact) mass is 343 g/mol. The molecule has 5 heteroatoms. The van der Waals surface area contributed by atoms with Gasteiger partial charge >= 0.3 is 6.03 Å². The SMILES string of the molecule is CCCCNC(=O)N(CCCC)C(C(=S)NC(C)(C)C)C(C)C. The summed E-state index contributed by atoms with van der Waals surface area (Å²) in [6.45, 7) is 16.3. The summed E-state index contributed by atoms with van der Waals surface area (Å²) in [5, 5.41) is 6.43. The third-order valence-corrected chi connectivity index (χ3v) is 3.90. The molecule has 23 heavy (non-hydrogen) atoms. The van der Waals surface area contributed by atoms with E-state index >= 15 is 0 Å². The second-order valence-electron chi connectivity index (χ2n) is 7.56. The van der Waals surface area contributed by atoms with Crippen molar-refractivity contribution < 1.29 is 4.79 Å². The summed E-state index contributed by atoms with van der Waals surface area (Å²) in [6.07, 6.45) is 4.13. The van der Waals surface area contributed by atoms with Gasteiger partial charge in [0.1, 0.15) is 0 Å². The third-order valence-electron chi connectivity index (χ3n) is 3.55. The van der Waals surface area contributed by atoms with Gasteiger partial charge in [-0.3, -0.25) is 0 Å². The molecular weight excluding hydrogens is 306 g/mol. The Hall–Kier alpha value is -0.840. The number of carbonyl (C=O) groups is 1. The Kier molecular flexibility index (Phi) is 10.4. The highest BCUT2D eigenvalue weighted by atomic mass is 32.1. The van der Waals surface area contributed by atoms with E-state index in [1.807, 2.05) is 4.90 Å². The molecule has 0 heterocycles. The van der Waals surface area contributed by atoms with Gasteiger partial charge < -0.3 is 15.5 Å². The zero-order chi connectivity index (χ0) is 18.0. The van der Waals surface area contributed by atoms with Crippen LogP contribution in [0.4, 0.5) is 4.79 Å².